The molecule has 0 fully saturated rings. The molecule has 0 bridgehead atoms. The first-order valence-electron chi connectivity index (χ1n) is 6.88. The van der Waals surface area contributed by atoms with Crippen molar-refractivity contribution in [3.05, 3.63) is 63.6 Å². The van der Waals surface area contributed by atoms with E-state index in [2.05, 4.69) is 21.2 Å². The molecule has 21 heavy (non-hydrogen) atoms. The van der Waals surface area contributed by atoms with Gasteiger partial charge < -0.3 is 10.4 Å². The Balaban J connectivity index is 2.05. The lowest BCUT2D eigenvalue weighted by atomic mass is 9.90. The zero-order valence-electron chi connectivity index (χ0n) is 11.7. The van der Waals surface area contributed by atoms with Crippen LogP contribution in [0.2, 0.25) is 0 Å². The van der Waals surface area contributed by atoms with Crippen LogP contribution in [0.4, 0.5) is 5.69 Å². The first kappa shape index (κ1) is 14.1. The van der Waals surface area contributed by atoms with Crippen LogP contribution in [0, 0.1) is 6.92 Å². The van der Waals surface area contributed by atoms with E-state index in [1.54, 1.807) is 0 Å². The minimum Gasteiger partial charge on any atom is -0.479 e. The second-order valence-electron chi connectivity index (χ2n) is 5.50. The lowest BCUT2D eigenvalue weighted by Gasteiger charge is -2.28. The minimum atomic E-state index is -1.03. The number of rotatable bonds is 3. The van der Waals surface area contributed by atoms with E-state index in [0.717, 1.165) is 33.3 Å². The van der Waals surface area contributed by atoms with Crippen LogP contribution >= 0.6 is 15.9 Å². The smallest absolute Gasteiger partial charge is 0.334 e. The summed E-state index contributed by atoms with van der Waals surface area (Å²) in [5.74, 6) is -0.824. The number of anilines is 1. The summed E-state index contributed by atoms with van der Waals surface area (Å²) in [6.07, 6.45) is 1.35. The molecule has 0 aromatic heterocycles. The highest BCUT2D eigenvalue weighted by atomic mass is 79.9. The van der Waals surface area contributed by atoms with E-state index in [1.165, 1.54) is 0 Å². The summed E-state index contributed by atoms with van der Waals surface area (Å²) in [5, 5.41) is 13.1. The van der Waals surface area contributed by atoms with E-state index in [0.29, 0.717) is 6.42 Å². The summed E-state index contributed by atoms with van der Waals surface area (Å²) < 4.78 is 0.972. The van der Waals surface area contributed by atoms with Gasteiger partial charge in [0.25, 0.3) is 0 Å². The van der Waals surface area contributed by atoms with Crippen molar-refractivity contribution in [2.24, 2.45) is 0 Å². The molecule has 1 aliphatic carbocycles. The number of carbonyl (C=O) groups is 1. The van der Waals surface area contributed by atoms with Crippen LogP contribution in [-0.2, 0) is 16.8 Å². The molecule has 1 aliphatic rings. The SMILES string of the molecule is Cc1ccc2c(c1)C(Nc1ccc(Br)cc1)(C(=O)O)CC2. The molecule has 0 aliphatic heterocycles. The topological polar surface area (TPSA) is 49.3 Å². The molecular formula is C17H16BrNO2. The van der Waals surface area contributed by atoms with Gasteiger partial charge in [-0.05, 0) is 55.2 Å². The fraction of sp³-hybridized carbons (Fsp3) is 0.235. The zero-order valence-corrected chi connectivity index (χ0v) is 13.3. The summed E-state index contributed by atoms with van der Waals surface area (Å²) in [7, 11) is 0. The Morgan fingerprint density at radius 2 is 1.95 bits per heavy atom. The van der Waals surface area contributed by atoms with E-state index in [-0.39, 0.29) is 0 Å². The van der Waals surface area contributed by atoms with Crippen molar-refractivity contribution < 1.29 is 9.90 Å². The number of carboxylic acids is 1. The van der Waals surface area contributed by atoms with E-state index in [4.69, 9.17) is 0 Å². The number of carboxylic acid groups (broad SMARTS) is 1. The van der Waals surface area contributed by atoms with Crippen LogP contribution in [0.15, 0.2) is 46.9 Å². The van der Waals surface area contributed by atoms with Gasteiger partial charge in [0, 0.05) is 10.2 Å². The quantitative estimate of drug-likeness (QED) is 0.880. The summed E-state index contributed by atoms with van der Waals surface area (Å²) in [6, 6.07) is 13.7. The van der Waals surface area contributed by atoms with Crippen molar-refractivity contribution in [3.63, 3.8) is 0 Å². The van der Waals surface area contributed by atoms with E-state index >= 15 is 0 Å². The fourth-order valence-electron chi connectivity index (χ4n) is 2.95. The number of aliphatic carboxylic acids is 1. The van der Waals surface area contributed by atoms with Crippen molar-refractivity contribution in [1.82, 2.24) is 0 Å². The number of aryl methyl sites for hydroxylation is 2. The third kappa shape index (κ3) is 2.44. The largest absolute Gasteiger partial charge is 0.479 e. The third-order valence-corrected chi connectivity index (χ3v) is 4.59. The number of hydrogen-bond acceptors (Lipinski definition) is 2. The number of hydrogen-bond donors (Lipinski definition) is 2. The van der Waals surface area contributed by atoms with Crippen LogP contribution in [0.3, 0.4) is 0 Å². The summed E-state index contributed by atoms with van der Waals surface area (Å²) in [5.41, 5.74) is 2.87. The summed E-state index contributed by atoms with van der Waals surface area (Å²) >= 11 is 3.39. The Morgan fingerprint density at radius 3 is 2.62 bits per heavy atom. The molecule has 0 spiro atoms. The molecule has 0 saturated heterocycles. The average Bonchev–Trinajstić information content (AvgIpc) is 2.81. The first-order valence-corrected chi connectivity index (χ1v) is 7.68. The van der Waals surface area contributed by atoms with E-state index in [1.807, 2.05) is 49.4 Å². The molecule has 0 saturated carbocycles. The fourth-order valence-corrected chi connectivity index (χ4v) is 3.21. The van der Waals surface area contributed by atoms with Gasteiger partial charge in [0.1, 0.15) is 0 Å². The highest BCUT2D eigenvalue weighted by molar-refractivity contribution is 9.10. The Labute approximate surface area is 132 Å². The van der Waals surface area contributed by atoms with Gasteiger partial charge in [-0.1, -0.05) is 39.7 Å². The minimum absolute atomic E-state index is 0.567. The van der Waals surface area contributed by atoms with E-state index < -0.39 is 11.5 Å². The maximum absolute atomic E-state index is 12.0. The Morgan fingerprint density at radius 1 is 1.24 bits per heavy atom. The molecule has 0 heterocycles. The van der Waals surface area contributed by atoms with Gasteiger partial charge in [-0.15, -0.1) is 0 Å². The molecule has 108 valence electrons. The molecular weight excluding hydrogens is 330 g/mol. The van der Waals surface area contributed by atoms with Crippen molar-refractivity contribution in [3.8, 4) is 0 Å². The number of benzene rings is 2. The lowest BCUT2D eigenvalue weighted by molar-refractivity contribution is -0.142. The molecule has 0 radical (unpaired) electrons. The van der Waals surface area contributed by atoms with Crippen LogP contribution in [-0.4, -0.2) is 11.1 Å². The van der Waals surface area contributed by atoms with Gasteiger partial charge in [0.05, 0.1) is 0 Å². The van der Waals surface area contributed by atoms with Crippen molar-refractivity contribution in [1.29, 1.82) is 0 Å². The molecule has 3 rings (SSSR count). The van der Waals surface area contributed by atoms with Gasteiger partial charge in [-0.3, -0.25) is 0 Å². The Bertz CT molecular complexity index is 696. The Hall–Kier alpha value is -1.81. The highest BCUT2D eigenvalue weighted by Gasteiger charge is 2.45. The molecule has 3 nitrogen and oxygen atoms in total. The van der Waals surface area contributed by atoms with Crippen LogP contribution in [0.1, 0.15) is 23.1 Å². The summed E-state index contributed by atoms with van der Waals surface area (Å²) in [6.45, 7) is 1.99. The van der Waals surface area contributed by atoms with Crippen LogP contribution in [0.5, 0.6) is 0 Å². The van der Waals surface area contributed by atoms with Crippen molar-refractivity contribution in [2.75, 3.05) is 5.32 Å². The van der Waals surface area contributed by atoms with E-state index in [9.17, 15) is 9.90 Å². The highest BCUT2D eigenvalue weighted by Crippen LogP contribution is 2.40. The average molecular weight is 346 g/mol. The molecule has 1 unspecified atom stereocenters. The Kier molecular flexibility index (Phi) is 3.49. The molecule has 2 aromatic rings. The molecule has 1 atom stereocenters. The second-order valence-corrected chi connectivity index (χ2v) is 6.42. The lowest BCUT2D eigenvalue weighted by Crippen LogP contribution is -2.41. The predicted molar refractivity (Wildman–Crippen MR) is 86.6 cm³/mol. The number of halogens is 1. The number of nitrogens with one attached hydrogen (secondary N) is 1. The number of fused-ring (bicyclic) bond motifs is 1. The van der Waals surface area contributed by atoms with Crippen molar-refractivity contribution >= 4 is 27.6 Å². The maximum atomic E-state index is 12.0. The third-order valence-electron chi connectivity index (χ3n) is 4.06. The van der Waals surface area contributed by atoms with Crippen LogP contribution < -0.4 is 5.32 Å². The first-order chi connectivity index (χ1) is 10.0. The maximum Gasteiger partial charge on any atom is 0.334 e. The monoisotopic (exact) mass is 345 g/mol. The van der Waals surface area contributed by atoms with Gasteiger partial charge >= 0.3 is 5.97 Å². The van der Waals surface area contributed by atoms with Crippen LogP contribution in [0.25, 0.3) is 0 Å². The summed E-state index contributed by atoms with van der Waals surface area (Å²) in [4.78, 5) is 12.0. The van der Waals surface area contributed by atoms with Crippen molar-refractivity contribution in [2.45, 2.75) is 25.3 Å². The molecule has 4 heteroatoms. The molecule has 2 aromatic carbocycles. The van der Waals surface area contributed by atoms with Gasteiger partial charge in [-0.25, -0.2) is 4.79 Å². The molecule has 2 N–H and O–H groups in total. The normalized spacial score (nSPS) is 20.1. The van der Waals surface area contributed by atoms with Gasteiger partial charge in [0.15, 0.2) is 5.54 Å². The zero-order chi connectivity index (χ0) is 15.0. The molecule has 0 amide bonds. The van der Waals surface area contributed by atoms with Gasteiger partial charge in [0.2, 0.25) is 0 Å². The predicted octanol–water partition coefficient (Wildman–Crippen LogP) is 4.10. The second kappa shape index (κ2) is 5.19. The van der Waals surface area contributed by atoms with Gasteiger partial charge in [-0.2, -0.15) is 0 Å². The standard InChI is InChI=1S/C17H16BrNO2/c1-11-2-3-12-8-9-17(16(20)21,15(12)10-11)19-14-6-4-13(18)5-7-14/h2-7,10,19H,8-9H2,1H3,(H,20,21).